The molecule has 5 heteroatoms. The van der Waals surface area contributed by atoms with Gasteiger partial charge in [0.15, 0.2) is 0 Å². The zero-order valence-electron chi connectivity index (χ0n) is 10.3. The average Bonchev–Trinajstić information content (AvgIpc) is 2.28. The van der Waals surface area contributed by atoms with Gasteiger partial charge in [-0.2, -0.15) is 0 Å². The van der Waals surface area contributed by atoms with Crippen LogP contribution in [-0.4, -0.2) is 29.3 Å². The van der Waals surface area contributed by atoms with Gasteiger partial charge in [-0.15, -0.1) is 11.8 Å². The summed E-state index contributed by atoms with van der Waals surface area (Å²) in [7, 11) is 0. The third-order valence-corrected chi connectivity index (χ3v) is 3.25. The Morgan fingerprint density at radius 3 is 2.83 bits per heavy atom. The van der Waals surface area contributed by atoms with Crippen LogP contribution in [0.5, 0.6) is 0 Å². The molecule has 0 saturated heterocycles. The van der Waals surface area contributed by atoms with Gasteiger partial charge in [-0.05, 0) is 12.5 Å². The van der Waals surface area contributed by atoms with Crippen molar-refractivity contribution in [1.29, 1.82) is 0 Å². The van der Waals surface area contributed by atoms with E-state index < -0.39 is 5.97 Å². The summed E-state index contributed by atoms with van der Waals surface area (Å²) in [5.41, 5.74) is 2.40. The van der Waals surface area contributed by atoms with Gasteiger partial charge in [0, 0.05) is 12.3 Å². The second-order valence-electron chi connectivity index (χ2n) is 3.98. The largest absolute Gasteiger partial charge is 0.481 e. The number of rotatable bonds is 7. The van der Waals surface area contributed by atoms with Gasteiger partial charge in [0.25, 0.3) is 0 Å². The first-order valence-electron chi connectivity index (χ1n) is 5.69. The van der Waals surface area contributed by atoms with E-state index in [4.69, 9.17) is 5.11 Å². The first-order valence-corrected chi connectivity index (χ1v) is 6.85. The van der Waals surface area contributed by atoms with Crippen molar-refractivity contribution < 1.29 is 14.7 Å². The van der Waals surface area contributed by atoms with E-state index in [0.717, 1.165) is 5.75 Å². The number of hydrogen-bond acceptors (Lipinski definition) is 3. The summed E-state index contributed by atoms with van der Waals surface area (Å²) in [6, 6.07) is 8.16. The van der Waals surface area contributed by atoms with Crippen LogP contribution in [0, 0.1) is 6.92 Å². The fourth-order valence-electron chi connectivity index (χ4n) is 1.42. The van der Waals surface area contributed by atoms with Crippen molar-refractivity contribution in [3.8, 4) is 0 Å². The van der Waals surface area contributed by atoms with Crippen LogP contribution < -0.4 is 5.32 Å². The van der Waals surface area contributed by atoms with E-state index in [-0.39, 0.29) is 18.9 Å². The number of amides is 1. The lowest BCUT2D eigenvalue weighted by Crippen LogP contribution is -2.27. The molecule has 0 spiro atoms. The van der Waals surface area contributed by atoms with Crippen molar-refractivity contribution in [2.24, 2.45) is 0 Å². The zero-order valence-corrected chi connectivity index (χ0v) is 11.1. The highest BCUT2D eigenvalue weighted by molar-refractivity contribution is 7.99. The van der Waals surface area contributed by atoms with Gasteiger partial charge >= 0.3 is 5.97 Å². The Morgan fingerprint density at radius 2 is 2.17 bits per heavy atom. The highest BCUT2D eigenvalue weighted by Gasteiger charge is 2.03. The summed E-state index contributed by atoms with van der Waals surface area (Å²) < 4.78 is 0. The van der Waals surface area contributed by atoms with Crippen LogP contribution in [0.15, 0.2) is 24.3 Å². The fraction of sp³-hybridized carbons (Fsp3) is 0.385. The minimum absolute atomic E-state index is 0.0334. The highest BCUT2D eigenvalue weighted by Crippen LogP contribution is 2.13. The number of carboxylic acids is 1. The van der Waals surface area contributed by atoms with Crippen LogP contribution in [-0.2, 0) is 15.3 Å². The number of thioether (sulfide) groups is 1. The minimum atomic E-state index is -0.900. The molecule has 0 aliphatic carbocycles. The summed E-state index contributed by atoms with van der Waals surface area (Å²) in [5, 5.41) is 11.0. The third-order valence-electron chi connectivity index (χ3n) is 2.25. The van der Waals surface area contributed by atoms with Crippen LogP contribution in [0.1, 0.15) is 17.5 Å². The van der Waals surface area contributed by atoms with Crippen molar-refractivity contribution in [3.63, 3.8) is 0 Å². The number of aryl methyl sites for hydroxylation is 1. The van der Waals surface area contributed by atoms with E-state index in [1.807, 2.05) is 25.1 Å². The summed E-state index contributed by atoms with van der Waals surface area (Å²) in [6.45, 7) is 2.23. The number of carbonyl (C=O) groups is 2. The molecule has 2 N–H and O–H groups in total. The standard InChI is InChI=1S/C13H17NO3S/c1-10-3-2-4-11(7-10)8-18-9-12(15)14-6-5-13(16)17/h2-4,7H,5-6,8-9H2,1H3,(H,14,15)(H,16,17). The lowest BCUT2D eigenvalue weighted by Gasteiger charge is -2.04. The van der Waals surface area contributed by atoms with Crippen molar-refractivity contribution in [3.05, 3.63) is 35.4 Å². The van der Waals surface area contributed by atoms with E-state index in [1.54, 1.807) is 0 Å². The number of carboxylic acid groups (broad SMARTS) is 1. The van der Waals surface area contributed by atoms with E-state index in [0.29, 0.717) is 5.75 Å². The first-order chi connectivity index (χ1) is 8.58. The molecule has 1 aromatic carbocycles. The summed E-state index contributed by atoms with van der Waals surface area (Å²) >= 11 is 1.52. The monoisotopic (exact) mass is 267 g/mol. The van der Waals surface area contributed by atoms with Crippen LogP contribution in [0.4, 0.5) is 0 Å². The smallest absolute Gasteiger partial charge is 0.305 e. The zero-order chi connectivity index (χ0) is 13.4. The Bertz CT molecular complexity index is 420. The predicted octanol–water partition coefficient (Wildman–Crippen LogP) is 1.82. The molecular weight excluding hydrogens is 250 g/mol. The molecular formula is C13H17NO3S. The summed E-state index contributed by atoms with van der Waals surface area (Å²) in [6.07, 6.45) is -0.0334. The Kier molecular flexibility index (Phi) is 6.28. The summed E-state index contributed by atoms with van der Waals surface area (Å²) in [4.78, 5) is 21.6. The lowest BCUT2D eigenvalue weighted by atomic mass is 10.2. The van der Waals surface area contributed by atoms with Gasteiger partial charge in [-0.25, -0.2) is 0 Å². The highest BCUT2D eigenvalue weighted by atomic mass is 32.2. The maximum absolute atomic E-state index is 11.4. The predicted molar refractivity (Wildman–Crippen MR) is 72.6 cm³/mol. The number of hydrogen-bond donors (Lipinski definition) is 2. The van der Waals surface area contributed by atoms with Crippen LogP contribution in [0.2, 0.25) is 0 Å². The lowest BCUT2D eigenvalue weighted by molar-refractivity contribution is -0.136. The second kappa shape index (κ2) is 7.76. The molecule has 0 aliphatic heterocycles. The number of carbonyl (C=O) groups excluding carboxylic acids is 1. The molecule has 0 bridgehead atoms. The van der Waals surface area contributed by atoms with E-state index in [2.05, 4.69) is 11.4 Å². The molecule has 0 fully saturated rings. The van der Waals surface area contributed by atoms with E-state index >= 15 is 0 Å². The quantitative estimate of drug-likeness (QED) is 0.791. The van der Waals surface area contributed by atoms with Gasteiger partial charge in [-0.3, -0.25) is 9.59 Å². The molecule has 1 amide bonds. The van der Waals surface area contributed by atoms with Crippen molar-refractivity contribution >= 4 is 23.6 Å². The molecule has 0 aliphatic rings. The van der Waals surface area contributed by atoms with Gasteiger partial charge in [0.1, 0.15) is 0 Å². The Balaban J connectivity index is 2.17. The molecule has 0 saturated carbocycles. The maximum Gasteiger partial charge on any atom is 0.305 e. The van der Waals surface area contributed by atoms with Crippen LogP contribution in [0.25, 0.3) is 0 Å². The van der Waals surface area contributed by atoms with Crippen molar-refractivity contribution in [2.75, 3.05) is 12.3 Å². The molecule has 98 valence electrons. The van der Waals surface area contributed by atoms with E-state index in [9.17, 15) is 9.59 Å². The third kappa shape index (κ3) is 6.30. The molecule has 0 unspecified atom stereocenters. The normalized spacial score (nSPS) is 10.1. The van der Waals surface area contributed by atoms with E-state index in [1.165, 1.54) is 22.9 Å². The second-order valence-corrected chi connectivity index (χ2v) is 4.96. The topological polar surface area (TPSA) is 66.4 Å². The van der Waals surface area contributed by atoms with Crippen LogP contribution >= 0.6 is 11.8 Å². The molecule has 0 aromatic heterocycles. The number of aliphatic carboxylic acids is 1. The minimum Gasteiger partial charge on any atom is -0.481 e. The molecule has 0 atom stereocenters. The Hall–Kier alpha value is -1.49. The first kappa shape index (κ1) is 14.6. The molecule has 0 radical (unpaired) electrons. The maximum atomic E-state index is 11.4. The molecule has 18 heavy (non-hydrogen) atoms. The Labute approximate surface area is 111 Å². The van der Waals surface area contributed by atoms with Gasteiger partial charge in [-0.1, -0.05) is 29.8 Å². The molecule has 4 nitrogen and oxygen atoms in total. The molecule has 1 aromatic rings. The molecule has 0 heterocycles. The Morgan fingerprint density at radius 1 is 1.39 bits per heavy atom. The molecule has 1 rings (SSSR count). The number of nitrogens with one attached hydrogen (secondary N) is 1. The summed E-state index contributed by atoms with van der Waals surface area (Å²) in [5.74, 6) is 0.123. The van der Waals surface area contributed by atoms with Gasteiger partial charge in [0.05, 0.1) is 12.2 Å². The fourth-order valence-corrected chi connectivity index (χ4v) is 2.23. The van der Waals surface area contributed by atoms with Crippen LogP contribution in [0.3, 0.4) is 0 Å². The average molecular weight is 267 g/mol. The van der Waals surface area contributed by atoms with Crippen molar-refractivity contribution in [1.82, 2.24) is 5.32 Å². The van der Waals surface area contributed by atoms with Crippen molar-refractivity contribution in [2.45, 2.75) is 19.1 Å². The number of benzene rings is 1. The van der Waals surface area contributed by atoms with Gasteiger partial charge in [0.2, 0.25) is 5.91 Å². The van der Waals surface area contributed by atoms with Gasteiger partial charge < -0.3 is 10.4 Å². The SMILES string of the molecule is Cc1cccc(CSCC(=O)NCCC(=O)O)c1.